The number of carbonyl (C=O) groups is 1. The Balaban J connectivity index is 2.66. The molecule has 1 amide bonds. The summed E-state index contributed by atoms with van der Waals surface area (Å²) in [6.45, 7) is 4.11. The average molecular weight is 294 g/mol. The molecule has 20 heavy (non-hydrogen) atoms. The van der Waals surface area contributed by atoms with E-state index in [4.69, 9.17) is 5.73 Å². The van der Waals surface area contributed by atoms with Crippen LogP contribution in [-0.4, -0.2) is 24.7 Å². The van der Waals surface area contributed by atoms with Crippen molar-refractivity contribution >= 4 is 5.91 Å². The first kappa shape index (κ1) is 17.3. The first-order valence-corrected chi connectivity index (χ1v) is 7.32. The number of alkyl halides is 3. The molecule has 0 spiro atoms. The van der Waals surface area contributed by atoms with E-state index in [2.05, 4.69) is 5.32 Å². The van der Waals surface area contributed by atoms with Crippen molar-refractivity contribution in [2.24, 2.45) is 23.5 Å². The van der Waals surface area contributed by atoms with E-state index in [1.54, 1.807) is 0 Å². The van der Waals surface area contributed by atoms with Crippen molar-refractivity contribution in [3.05, 3.63) is 0 Å². The van der Waals surface area contributed by atoms with Crippen molar-refractivity contribution in [2.75, 3.05) is 6.54 Å². The Bertz CT molecular complexity index is 318. The van der Waals surface area contributed by atoms with Crippen molar-refractivity contribution in [1.29, 1.82) is 0 Å². The second-order valence-electron chi connectivity index (χ2n) is 6.11. The molecule has 3 nitrogen and oxygen atoms in total. The smallest absolute Gasteiger partial charge is 0.352 e. The number of nitrogens with one attached hydrogen (secondary N) is 1. The molecule has 0 saturated heterocycles. The van der Waals surface area contributed by atoms with E-state index in [0.29, 0.717) is 25.2 Å². The summed E-state index contributed by atoms with van der Waals surface area (Å²) in [5.74, 6) is -1.86. The standard InChI is InChI=1S/C14H25F3N2O/c1-9(2)7-10(8-18)13(20)19-12-6-4-3-5-11(12)14(15,16)17/h9-12H,3-8,18H2,1-2H3,(H,19,20). The highest BCUT2D eigenvalue weighted by molar-refractivity contribution is 5.79. The molecule has 3 N–H and O–H groups in total. The van der Waals surface area contributed by atoms with Crippen molar-refractivity contribution in [1.82, 2.24) is 5.32 Å². The number of hydrogen-bond donors (Lipinski definition) is 2. The molecule has 0 bridgehead atoms. The summed E-state index contributed by atoms with van der Waals surface area (Å²) in [5, 5.41) is 2.59. The van der Waals surface area contributed by atoms with Crippen LogP contribution in [0.1, 0.15) is 46.0 Å². The number of nitrogens with two attached hydrogens (primary N) is 1. The topological polar surface area (TPSA) is 55.1 Å². The summed E-state index contributed by atoms with van der Waals surface area (Å²) in [7, 11) is 0. The van der Waals surface area contributed by atoms with Gasteiger partial charge < -0.3 is 11.1 Å². The van der Waals surface area contributed by atoms with Gasteiger partial charge in [0, 0.05) is 12.6 Å². The van der Waals surface area contributed by atoms with E-state index < -0.39 is 24.1 Å². The van der Waals surface area contributed by atoms with Crippen molar-refractivity contribution in [3.8, 4) is 0 Å². The first-order chi connectivity index (χ1) is 9.25. The van der Waals surface area contributed by atoms with E-state index in [1.165, 1.54) is 0 Å². The minimum atomic E-state index is -4.24. The molecule has 1 fully saturated rings. The van der Waals surface area contributed by atoms with Crippen molar-refractivity contribution < 1.29 is 18.0 Å². The third kappa shape index (κ3) is 4.96. The van der Waals surface area contributed by atoms with Gasteiger partial charge in [0.1, 0.15) is 0 Å². The lowest BCUT2D eigenvalue weighted by atomic mass is 9.83. The van der Waals surface area contributed by atoms with Crippen LogP contribution in [0.5, 0.6) is 0 Å². The molecule has 0 aromatic rings. The van der Waals surface area contributed by atoms with Gasteiger partial charge in [0.05, 0.1) is 11.8 Å². The van der Waals surface area contributed by atoms with Gasteiger partial charge in [0.2, 0.25) is 5.91 Å². The van der Waals surface area contributed by atoms with E-state index in [-0.39, 0.29) is 18.9 Å². The van der Waals surface area contributed by atoms with Gasteiger partial charge in [-0.3, -0.25) is 4.79 Å². The van der Waals surface area contributed by atoms with Crippen LogP contribution in [0.2, 0.25) is 0 Å². The van der Waals surface area contributed by atoms with Gasteiger partial charge in [-0.25, -0.2) is 0 Å². The van der Waals surface area contributed by atoms with Gasteiger partial charge >= 0.3 is 6.18 Å². The predicted octanol–water partition coefficient (Wildman–Crippen LogP) is 2.84. The Morgan fingerprint density at radius 2 is 1.90 bits per heavy atom. The summed E-state index contributed by atoms with van der Waals surface area (Å²) >= 11 is 0. The minimum Gasteiger partial charge on any atom is -0.352 e. The highest BCUT2D eigenvalue weighted by atomic mass is 19.4. The summed E-state index contributed by atoms with van der Waals surface area (Å²) < 4.78 is 38.9. The van der Waals surface area contributed by atoms with Crippen LogP contribution >= 0.6 is 0 Å². The molecule has 0 radical (unpaired) electrons. The zero-order chi connectivity index (χ0) is 15.3. The van der Waals surface area contributed by atoms with Crippen LogP contribution in [0.15, 0.2) is 0 Å². The van der Waals surface area contributed by atoms with Crippen molar-refractivity contribution in [2.45, 2.75) is 58.2 Å². The normalized spacial score (nSPS) is 25.6. The molecule has 1 aliphatic carbocycles. The van der Waals surface area contributed by atoms with Crippen LogP contribution in [-0.2, 0) is 4.79 Å². The van der Waals surface area contributed by atoms with E-state index in [1.807, 2.05) is 13.8 Å². The van der Waals surface area contributed by atoms with E-state index in [9.17, 15) is 18.0 Å². The fourth-order valence-electron chi connectivity index (χ4n) is 2.88. The molecule has 0 aliphatic heterocycles. The molecule has 6 heteroatoms. The lowest BCUT2D eigenvalue weighted by Gasteiger charge is -2.34. The third-order valence-corrected chi connectivity index (χ3v) is 3.93. The number of halogens is 3. The first-order valence-electron chi connectivity index (χ1n) is 7.32. The maximum absolute atomic E-state index is 13.0. The molecule has 1 rings (SSSR count). The van der Waals surface area contributed by atoms with Gasteiger partial charge in [-0.05, 0) is 25.2 Å². The van der Waals surface area contributed by atoms with E-state index >= 15 is 0 Å². The molecule has 3 atom stereocenters. The quantitative estimate of drug-likeness (QED) is 0.819. The Kier molecular flexibility index (Phi) is 6.30. The lowest BCUT2D eigenvalue weighted by Crippen LogP contribution is -2.50. The van der Waals surface area contributed by atoms with Crippen LogP contribution in [0, 0.1) is 17.8 Å². The van der Waals surface area contributed by atoms with Gasteiger partial charge in [-0.15, -0.1) is 0 Å². The Hall–Kier alpha value is -0.780. The summed E-state index contributed by atoms with van der Waals surface area (Å²) in [4.78, 5) is 12.1. The third-order valence-electron chi connectivity index (χ3n) is 3.93. The molecular weight excluding hydrogens is 269 g/mol. The molecule has 118 valence electrons. The fourth-order valence-corrected chi connectivity index (χ4v) is 2.88. The Morgan fingerprint density at radius 1 is 1.30 bits per heavy atom. The monoisotopic (exact) mass is 294 g/mol. The van der Waals surface area contributed by atoms with Gasteiger partial charge in [0.25, 0.3) is 0 Å². The summed E-state index contributed by atoms with van der Waals surface area (Å²) in [5.41, 5.74) is 5.56. The minimum absolute atomic E-state index is 0.103. The van der Waals surface area contributed by atoms with Crippen LogP contribution < -0.4 is 11.1 Å². The summed E-state index contributed by atoms with van der Waals surface area (Å²) in [6.07, 6.45) is -1.83. The second-order valence-corrected chi connectivity index (χ2v) is 6.11. The predicted molar refractivity (Wildman–Crippen MR) is 71.9 cm³/mol. The summed E-state index contributed by atoms with van der Waals surface area (Å²) in [6, 6.07) is -0.794. The zero-order valence-corrected chi connectivity index (χ0v) is 12.2. The molecule has 0 aromatic heterocycles. The maximum Gasteiger partial charge on any atom is 0.393 e. The van der Waals surface area contributed by atoms with Crippen LogP contribution in [0.25, 0.3) is 0 Å². The SMILES string of the molecule is CC(C)CC(CN)C(=O)NC1CCCCC1C(F)(F)F. The number of rotatable bonds is 5. The molecule has 3 unspecified atom stereocenters. The molecular formula is C14H25F3N2O. The fraction of sp³-hybridized carbons (Fsp3) is 0.929. The number of amides is 1. The molecule has 0 aromatic carbocycles. The molecule has 0 heterocycles. The number of carbonyl (C=O) groups excluding carboxylic acids is 1. The number of hydrogen-bond acceptors (Lipinski definition) is 2. The Labute approximate surface area is 118 Å². The highest BCUT2D eigenvalue weighted by Crippen LogP contribution is 2.37. The largest absolute Gasteiger partial charge is 0.393 e. The lowest BCUT2D eigenvalue weighted by molar-refractivity contribution is -0.189. The van der Waals surface area contributed by atoms with E-state index in [0.717, 1.165) is 6.42 Å². The van der Waals surface area contributed by atoms with Gasteiger partial charge in [-0.1, -0.05) is 26.7 Å². The van der Waals surface area contributed by atoms with Gasteiger partial charge in [-0.2, -0.15) is 13.2 Å². The van der Waals surface area contributed by atoms with Gasteiger partial charge in [0.15, 0.2) is 0 Å². The average Bonchev–Trinajstić information content (AvgIpc) is 2.34. The second kappa shape index (κ2) is 7.29. The van der Waals surface area contributed by atoms with Crippen LogP contribution in [0.3, 0.4) is 0 Å². The maximum atomic E-state index is 13.0. The highest BCUT2D eigenvalue weighted by Gasteiger charge is 2.46. The molecule has 1 aliphatic rings. The Morgan fingerprint density at radius 3 is 2.40 bits per heavy atom. The van der Waals surface area contributed by atoms with Crippen molar-refractivity contribution in [3.63, 3.8) is 0 Å². The zero-order valence-electron chi connectivity index (χ0n) is 12.2. The van der Waals surface area contributed by atoms with Crippen LogP contribution in [0.4, 0.5) is 13.2 Å². The molecule has 1 saturated carbocycles.